The van der Waals surface area contributed by atoms with Crippen LogP contribution < -0.4 is 16.1 Å². The molecule has 0 fully saturated rings. The molecule has 0 aliphatic heterocycles. The number of nitrogens with one attached hydrogen (secondary N) is 3. The van der Waals surface area contributed by atoms with Crippen LogP contribution in [0.3, 0.4) is 0 Å². The largest absolute Gasteiger partial charge is 0.336 e. The van der Waals surface area contributed by atoms with Crippen molar-refractivity contribution in [2.24, 2.45) is 0 Å². The number of carbonyl (C=O) groups is 2. The Morgan fingerprint density at radius 1 is 1.07 bits per heavy atom. The van der Waals surface area contributed by atoms with E-state index in [1.54, 1.807) is 6.07 Å². The fraction of sp³-hybridized carbons (Fsp3) is 0.300. The first-order chi connectivity index (χ1) is 13.0. The van der Waals surface area contributed by atoms with Crippen LogP contribution in [0.5, 0.6) is 0 Å². The molecule has 2 rings (SSSR count). The van der Waals surface area contributed by atoms with Gasteiger partial charge in [-0.1, -0.05) is 48.9 Å². The highest BCUT2D eigenvalue weighted by atomic mass is 35.5. The predicted octanol–water partition coefficient (Wildman–Crippen LogP) is 3.58. The molecule has 3 amide bonds. The summed E-state index contributed by atoms with van der Waals surface area (Å²) < 4.78 is 0. The molecule has 2 aromatic carbocycles. The molecule has 0 heterocycles. The summed E-state index contributed by atoms with van der Waals surface area (Å²) in [5.41, 5.74) is 5.87. The summed E-state index contributed by atoms with van der Waals surface area (Å²) >= 11 is 6.12. The van der Waals surface area contributed by atoms with Crippen LogP contribution in [0, 0.1) is 0 Å². The predicted molar refractivity (Wildman–Crippen MR) is 109 cm³/mol. The molecule has 0 bridgehead atoms. The number of hydrogen-bond acceptors (Lipinski definition) is 3. The summed E-state index contributed by atoms with van der Waals surface area (Å²) in [6.07, 6.45) is 0.953. The Morgan fingerprint density at radius 3 is 2.41 bits per heavy atom. The smallest absolute Gasteiger partial charge is 0.319 e. The van der Waals surface area contributed by atoms with Gasteiger partial charge in [-0.15, -0.1) is 0 Å². The van der Waals surface area contributed by atoms with Gasteiger partial charge in [0.25, 0.3) is 0 Å². The topological polar surface area (TPSA) is 73.5 Å². The van der Waals surface area contributed by atoms with Crippen molar-refractivity contribution < 1.29 is 9.59 Å². The third-order valence-corrected chi connectivity index (χ3v) is 4.41. The lowest BCUT2D eigenvalue weighted by Gasteiger charge is -2.22. The first-order valence-electron chi connectivity index (χ1n) is 8.88. The maximum atomic E-state index is 12.0. The van der Waals surface area contributed by atoms with Crippen LogP contribution in [0.4, 0.5) is 10.5 Å². The van der Waals surface area contributed by atoms with Gasteiger partial charge in [-0.2, -0.15) is 0 Å². The number of amides is 3. The zero-order chi connectivity index (χ0) is 19.6. The van der Waals surface area contributed by atoms with E-state index in [2.05, 4.69) is 23.0 Å². The third kappa shape index (κ3) is 6.92. The molecule has 7 heteroatoms. The second kappa shape index (κ2) is 10.5. The van der Waals surface area contributed by atoms with Crippen molar-refractivity contribution in [3.05, 3.63) is 64.7 Å². The van der Waals surface area contributed by atoms with E-state index in [9.17, 15) is 9.59 Å². The number of urea groups is 1. The highest BCUT2D eigenvalue weighted by Crippen LogP contribution is 2.14. The van der Waals surface area contributed by atoms with Crippen LogP contribution in [0.2, 0.25) is 5.02 Å². The molecule has 0 saturated heterocycles. The van der Waals surface area contributed by atoms with Crippen molar-refractivity contribution >= 4 is 29.2 Å². The zero-order valence-corrected chi connectivity index (χ0v) is 16.3. The number of hydrogen-bond donors (Lipinski definition) is 3. The quantitative estimate of drug-likeness (QED) is 0.605. The molecule has 0 unspecified atom stereocenters. The van der Waals surface area contributed by atoms with Crippen molar-refractivity contribution in [1.82, 2.24) is 15.8 Å². The number of hydrazine groups is 1. The maximum absolute atomic E-state index is 12.0. The second-order valence-corrected chi connectivity index (χ2v) is 6.44. The Kier molecular flexibility index (Phi) is 8.10. The van der Waals surface area contributed by atoms with Crippen molar-refractivity contribution in [2.45, 2.75) is 26.8 Å². The van der Waals surface area contributed by atoms with E-state index in [1.165, 1.54) is 17.5 Å². The van der Waals surface area contributed by atoms with Crippen LogP contribution >= 0.6 is 11.6 Å². The summed E-state index contributed by atoms with van der Waals surface area (Å²) in [4.78, 5) is 23.8. The molecule has 0 aliphatic carbocycles. The summed E-state index contributed by atoms with van der Waals surface area (Å²) in [7, 11) is 0. The third-order valence-electron chi connectivity index (χ3n) is 4.04. The molecule has 0 radical (unpaired) electrons. The molecule has 3 N–H and O–H groups in total. The van der Waals surface area contributed by atoms with Crippen molar-refractivity contribution in [1.29, 1.82) is 0 Å². The molecule has 27 heavy (non-hydrogen) atoms. The highest BCUT2D eigenvalue weighted by Gasteiger charge is 2.10. The molecule has 2 aromatic rings. The van der Waals surface area contributed by atoms with Crippen LogP contribution in [-0.2, 0) is 17.8 Å². The zero-order valence-electron chi connectivity index (χ0n) is 15.6. The fourth-order valence-corrected chi connectivity index (χ4v) is 2.65. The summed E-state index contributed by atoms with van der Waals surface area (Å²) in [6.45, 7) is 4.62. The lowest BCUT2D eigenvalue weighted by atomic mass is 10.1. The standard InChI is InChI=1S/C20H25ClN4O2/c1-3-16-8-10-18(11-9-16)24-20(27)22-12-13-25(15(2)26)23-14-17-6-4-5-7-19(17)21/h4-11,23H,3,12-14H2,1-2H3,(H2,22,24,27). The summed E-state index contributed by atoms with van der Waals surface area (Å²) in [6, 6.07) is 14.8. The van der Waals surface area contributed by atoms with Crippen LogP contribution in [0.15, 0.2) is 48.5 Å². The van der Waals surface area contributed by atoms with Crippen LogP contribution in [0.1, 0.15) is 25.0 Å². The Hall–Kier alpha value is -2.57. The molecule has 0 aromatic heterocycles. The molecular formula is C20H25ClN4O2. The fourth-order valence-electron chi connectivity index (χ4n) is 2.45. The van der Waals surface area contributed by atoms with Crippen LogP contribution in [0.25, 0.3) is 0 Å². The van der Waals surface area contributed by atoms with E-state index in [4.69, 9.17) is 11.6 Å². The van der Waals surface area contributed by atoms with E-state index >= 15 is 0 Å². The normalized spacial score (nSPS) is 10.3. The molecule has 0 atom stereocenters. The Bertz CT molecular complexity index is 765. The number of anilines is 1. The number of rotatable bonds is 8. The molecule has 0 spiro atoms. The highest BCUT2D eigenvalue weighted by molar-refractivity contribution is 6.31. The summed E-state index contributed by atoms with van der Waals surface area (Å²) in [5, 5.41) is 7.61. The first kappa shape index (κ1) is 20.7. The number of benzene rings is 2. The number of nitrogens with zero attached hydrogens (tertiary/aromatic N) is 1. The van der Waals surface area contributed by atoms with Crippen molar-refractivity contribution in [2.75, 3.05) is 18.4 Å². The average Bonchev–Trinajstić information content (AvgIpc) is 2.66. The van der Waals surface area contributed by atoms with E-state index in [1.807, 2.05) is 42.5 Å². The SMILES string of the molecule is CCc1ccc(NC(=O)NCCN(NCc2ccccc2Cl)C(C)=O)cc1. The summed E-state index contributed by atoms with van der Waals surface area (Å²) in [5.74, 6) is -0.139. The van der Waals surface area contributed by atoms with E-state index < -0.39 is 0 Å². The second-order valence-electron chi connectivity index (χ2n) is 6.03. The van der Waals surface area contributed by atoms with Gasteiger partial charge in [0.2, 0.25) is 5.91 Å². The van der Waals surface area contributed by atoms with Gasteiger partial charge in [0.05, 0.1) is 6.54 Å². The number of aryl methyl sites for hydroxylation is 1. The molecule has 6 nitrogen and oxygen atoms in total. The van der Waals surface area contributed by atoms with Gasteiger partial charge in [0.1, 0.15) is 0 Å². The average molecular weight is 389 g/mol. The Labute approximate surface area is 164 Å². The molecular weight excluding hydrogens is 364 g/mol. The van der Waals surface area contributed by atoms with Gasteiger partial charge < -0.3 is 10.6 Å². The van der Waals surface area contributed by atoms with Gasteiger partial charge in [-0.25, -0.2) is 10.2 Å². The Morgan fingerprint density at radius 2 is 1.78 bits per heavy atom. The minimum Gasteiger partial charge on any atom is -0.336 e. The molecule has 0 aliphatic rings. The van der Waals surface area contributed by atoms with E-state index in [0.29, 0.717) is 24.7 Å². The van der Waals surface area contributed by atoms with Gasteiger partial charge in [0.15, 0.2) is 0 Å². The molecule has 0 saturated carbocycles. The minimum absolute atomic E-state index is 0.139. The minimum atomic E-state index is -0.311. The number of carbonyl (C=O) groups excluding carboxylic acids is 2. The van der Waals surface area contributed by atoms with Gasteiger partial charge in [-0.05, 0) is 35.7 Å². The van der Waals surface area contributed by atoms with E-state index in [0.717, 1.165) is 17.7 Å². The lowest BCUT2D eigenvalue weighted by Crippen LogP contribution is -2.46. The lowest BCUT2D eigenvalue weighted by molar-refractivity contribution is -0.132. The van der Waals surface area contributed by atoms with E-state index in [-0.39, 0.29) is 11.9 Å². The monoisotopic (exact) mass is 388 g/mol. The Balaban J connectivity index is 1.77. The van der Waals surface area contributed by atoms with Gasteiger partial charge in [0, 0.05) is 30.7 Å². The first-order valence-corrected chi connectivity index (χ1v) is 9.26. The van der Waals surface area contributed by atoms with Gasteiger partial charge in [-0.3, -0.25) is 9.80 Å². The molecule has 144 valence electrons. The maximum Gasteiger partial charge on any atom is 0.319 e. The van der Waals surface area contributed by atoms with Crippen LogP contribution in [-0.4, -0.2) is 30.0 Å². The van der Waals surface area contributed by atoms with Crippen molar-refractivity contribution in [3.8, 4) is 0 Å². The van der Waals surface area contributed by atoms with Gasteiger partial charge >= 0.3 is 6.03 Å². The van der Waals surface area contributed by atoms with Crippen molar-refractivity contribution in [3.63, 3.8) is 0 Å². The number of halogens is 1.